The fourth-order valence-electron chi connectivity index (χ4n) is 1.99. The Balaban J connectivity index is 1.65. The van der Waals surface area contributed by atoms with Gasteiger partial charge in [0.15, 0.2) is 5.78 Å². The van der Waals surface area contributed by atoms with E-state index in [0.717, 1.165) is 6.07 Å². The fraction of sp³-hybridized carbons (Fsp3) is 0.235. The number of nitrogens with one attached hydrogen (secondary N) is 2. The van der Waals surface area contributed by atoms with Crippen LogP contribution in [0.15, 0.2) is 35.7 Å². The number of hydrogen-bond donors (Lipinski definition) is 2. The molecule has 1 heterocycles. The van der Waals surface area contributed by atoms with E-state index in [1.54, 1.807) is 17.5 Å². The molecule has 2 rings (SSSR count). The second kappa shape index (κ2) is 9.29. The Morgan fingerprint density at radius 1 is 1.08 bits per heavy atom. The summed E-state index contributed by atoms with van der Waals surface area (Å²) in [6.45, 7) is 0.146. The Hall–Kier alpha value is -2.25. The number of carbonyl (C=O) groups excluding carboxylic acids is 3. The Morgan fingerprint density at radius 2 is 1.88 bits per heavy atom. The van der Waals surface area contributed by atoms with Crippen molar-refractivity contribution < 1.29 is 18.8 Å². The standard InChI is InChI=1S/C17H16ClFN2O3S/c18-12-10-11(3-4-13(12)19)21-17(24)7-8-20-16(23)6-5-14(22)15-2-1-9-25-15/h1-4,9-10H,5-8H2,(H,20,23)(H,21,24). The first-order valence-electron chi connectivity index (χ1n) is 7.54. The third-order valence-corrected chi connectivity index (χ3v) is 4.45. The summed E-state index contributed by atoms with van der Waals surface area (Å²) in [6.07, 6.45) is 0.262. The number of amides is 2. The Morgan fingerprint density at radius 3 is 2.56 bits per heavy atom. The van der Waals surface area contributed by atoms with Gasteiger partial charge >= 0.3 is 0 Å². The van der Waals surface area contributed by atoms with Crippen molar-refractivity contribution in [3.8, 4) is 0 Å². The first-order chi connectivity index (χ1) is 12.0. The van der Waals surface area contributed by atoms with E-state index in [1.807, 2.05) is 0 Å². The fourth-order valence-corrected chi connectivity index (χ4v) is 2.86. The molecule has 25 heavy (non-hydrogen) atoms. The van der Waals surface area contributed by atoms with Crippen LogP contribution in [0, 0.1) is 5.82 Å². The van der Waals surface area contributed by atoms with Gasteiger partial charge in [0.2, 0.25) is 11.8 Å². The second-order valence-corrected chi connectivity index (χ2v) is 6.53. The van der Waals surface area contributed by atoms with Crippen molar-refractivity contribution in [2.45, 2.75) is 19.3 Å². The van der Waals surface area contributed by atoms with E-state index in [9.17, 15) is 18.8 Å². The van der Waals surface area contributed by atoms with Crippen molar-refractivity contribution in [2.75, 3.05) is 11.9 Å². The Bertz CT molecular complexity index is 765. The molecule has 1 aromatic heterocycles. The molecule has 0 spiro atoms. The zero-order chi connectivity index (χ0) is 18.2. The number of hydrogen-bond acceptors (Lipinski definition) is 4. The van der Waals surface area contributed by atoms with Gasteiger partial charge < -0.3 is 10.6 Å². The van der Waals surface area contributed by atoms with Crippen molar-refractivity contribution in [1.29, 1.82) is 0 Å². The van der Waals surface area contributed by atoms with Crippen molar-refractivity contribution in [2.24, 2.45) is 0 Å². The zero-order valence-corrected chi connectivity index (χ0v) is 14.8. The lowest BCUT2D eigenvalue weighted by Gasteiger charge is -2.07. The number of ketones is 1. The van der Waals surface area contributed by atoms with Crippen LogP contribution in [0.25, 0.3) is 0 Å². The van der Waals surface area contributed by atoms with Gasteiger partial charge in [0.05, 0.1) is 9.90 Å². The van der Waals surface area contributed by atoms with Crippen LogP contribution in [0.4, 0.5) is 10.1 Å². The van der Waals surface area contributed by atoms with Crippen molar-refractivity contribution in [3.63, 3.8) is 0 Å². The van der Waals surface area contributed by atoms with Gasteiger partial charge in [-0.25, -0.2) is 4.39 Å². The average molecular weight is 383 g/mol. The summed E-state index contributed by atoms with van der Waals surface area (Å²) in [4.78, 5) is 35.9. The molecule has 0 aliphatic heterocycles. The topological polar surface area (TPSA) is 75.3 Å². The summed E-state index contributed by atoms with van der Waals surface area (Å²) in [5.41, 5.74) is 0.379. The molecule has 0 aliphatic rings. The van der Waals surface area contributed by atoms with E-state index in [4.69, 9.17) is 11.6 Å². The van der Waals surface area contributed by atoms with Crippen molar-refractivity contribution in [3.05, 3.63) is 51.4 Å². The zero-order valence-electron chi connectivity index (χ0n) is 13.2. The number of rotatable bonds is 8. The molecular formula is C17H16ClFN2O3S. The molecule has 0 bridgehead atoms. The quantitative estimate of drug-likeness (QED) is 0.684. The molecular weight excluding hydrogens is 367 g/mol. The molecule has 0 saturated carbocycles. The van der Waals surface area contributed by atoms with Crippen LogP contribution in [0.3, 0.4) is 0 Å². The lowest BCUT2D eigenvalue weighted by Crippen LogP contribution is -2.27. The second-order valence-electron chi connectivity index (χ2n) is 5.18. The monoisotopic (exact) mass is 382 g/mol. The highest BCUT2D eigenvalue weighted by molar-refractivity contribution is 7.12. The Labute approximate surface area is 153 Å². The van der Waals surface area contributed by atoms with Crippen LogP contribution in [0.5, 0.6) is 0 Å². The molecule has 0 radical (unpaired) electrons. The van der Waals surface area contributed by atoms with Crippen LogP contribution in [-0.4, -0.2) is 24.1 Å². The maximum absolute atomic E-state index is 13.0. The van der Waals surface area contributed by atoms with Gasteiger partial charge in [-0.2, -0.15) is 0 Å². The lowest BCUT2D eigenvalue weighted by atomic mass is 10.2. The third kappa shape index (κ3) is 6.28. The van der Waals surface area contributed by atoms with Gasteiger partial charge in [-0.1, -0.05) is 17.7 Å². The molecule has 5 nitrogen and oxygen atoms in total. The summed E-state index contributed by atoms with van der Waals surface area (Å²) < 4.78 is 13.0. The molecule has 0 unspecified atom stereocenters. The van der Waals surface area contributed by atoms with E-state index in [-0.39, 0.29) is 48.4 Å². The summed E-state index contributed by atoms with van der Waals surface area (Å²) in [6, 6.07) is 7.36. The first kappa shape index (κ1) is 19.1. The molecule has 132 valence electrons. The first-order valence-corrected chi connectivity index (χ1v) is 8.80. The van der Waals surface area contributed by atoms with Crippen LogP contribution >= 0.6 is 22.9 Å². The van der Waals surface area contributed by atoms with Gasteiger partial charge in [0.1, 0.15) is 5.82 Å². The summed E-state index contributed by atoms with van der Waals surface area (Å²) in [7, 11) is 0. The summed E-state index contributed by atoms with van der Waals surface area (Å²) in [5, 5.41) is 6.87. The smallest absolute Gasteiger partial charge is 0.226 e. The van der Waals surface area contributed by atoms with Crippen LogP contribution < -0.4 is 10.6 Å². The molecule has 0 aliphatic carbocycles. The molecule has 0 saturated heterocycles. The van der Waals surface area contributed by atoms with E-state index in [0.29, 0.717) is 10.6 Å². The predicted octanol–water partition coefficient (Wildman–Crippen LogP) is 3.65. The van der Waals surface area contributed by atoms with Crippen molar-refractivity contribution in [1.82, 2.24) is 5.32 Å². The SMILES string of the molecule is O=C(CCC(=O)c1cccs1)NCCC(=O)Nc1ccc(F)c(Cl)c1. The van der Waals surface area contributed by atoms with E-state index in [2.05, 4.69) is 10.6 Å². The van der Waals surface area contributed by atoms with Gasteiger partial charge in [0, 0.05) is 31.5 Å². The predicted molar refractivity (Wildman–Crippen MR) is 95.5 cm³/mol. The minimum atomic E-state index is -0.566. The summed E-state index contributed by atoms with van der Waals surface area (Å²) >= 11 is 6.97. The number of benzene rings is 1. The Kier molecular flexibility index (Phi) is 7.09. The van der Waals surface area contributed by atoms with E-state index >= 15 is 0 Å². The highest BCUT2D eigenvalue weighted by Crippen LogP contribution is 2.19. The van der Waals surface area contributed by atoms with Crippen molar-refractivity contribution >= 4 is 46.2 Å². The number of halogens is 2. The largest absolute Gasteiger partial charge is 0.356 e. The normalized spacial score (nSPS) is 10.3. The van der Waals surface area contributed by atoms with E-state index in [1.165, 1.54) is 23.5 Å². The molecule has 0 atom stereocenters. The number of thiophene rings is 1. The highest BCUT2D eigenvalue weighted by Gasteiger charge is 2.10. The number of anilines is 1. The average Bonchev–Trinajstić information content (AvgIpc) is 3.10. The highest BCUT2D eigenvalue weighted by atomic mass is 35.5. The lowest BCUT2D eigenvalue weighted by molar-refractivity contribution is -0.121. The van der Waals surface area contributed by atoms with Crippen LogP contribution in [0.1, 0.15) is 28.9 Å². The minimum Gasteiger partial charge on any atom is -0.356 e. The molecule has 8 heteroatoms. The van der Waals surface area contributed by atoms with Gasteiger partial charge in [-0.3, -0.25) is 14.4 Å². The molecule has 1 aromatic carbocycles. The van der Waals surface area contributed by atoms with E-state index < -0.39 is 5.82 Å². The number of Topliss-reactive ketones (excluding diaryl/α,β-unsaturated/α-hetero) is 1. The van der Waals surface area contributed by atoms with Gasteiger partial charge in [-0.15, -0.1) is 11.3 Å². The molecule has 2 aromatic rings. The van der Waals surface area contributed by atoms with Crippen LogP contribution in [-0.2, 0) is 9.59 Å². The third-order valence-electron chi connectivity index (χ3n) is 3.25. The molecule has 2 amide bonds. The summed E-state index contributed by atoms with van der Waals surface area (Å²) in [5.74, 6) is -1.26. The minimum absolute atomic E-state index is 0.0552. The molecule has 2 N–H and O–H groups in total. The van der Waals surface area contributed by atoms with Gasteiger partial charge in [-0.05, 0) is 29.6 Å². The maximum atomic E-state index is 13.0. The van der Waals surface area contributed by atoms with Gasteiger partial charge in [0.25, 0.3) is 0 Å². The number of carbonyl (C=O) groups is 3. The van der Waals surface area contributed by atoms with Crippen LogP contribution in [0.2, 0.25) is 5.02 Å². The maximum Gasteiger partial charge on any atom is 0.226 e. The molecule has 0 fully saturated rings.